The van der Waals surface area contributed by atoms with Gasteiger partial charge in [-0.15, -0.1) is 0 Å². The van der Waals surface area contributed by atoms with E-state index >= 15 is 0 Å². The largest absolute Gasteiger partial charge is 0.425 e. The van der Waals surface area contributed by atoms with Crippen LogP contribution in [0.1, 0.15) is 29.5 Å². The molecule has 7 nitrogen and oxygen atoms in total. The summed E-state index contributed by atoms with van der Waals surface area (Å²) in [5.74, 6) is -0.452. The standard InChI is InChI=1S/C30H30F4N4O3/c31-21-4-6-22(7-5-21)36-27-10-3-20(13-19(27)15-35)29(41,30(32,33)34)26-17-38(16-24(40)18-39)28-14-23(8-9-25(26)28)37-11-1-2-12-37/h3-10,13-15,17,24,35-36,39-41H,1-2,11-12,16,18H2. The van der Waals surface area contributed by atoms with Gasteiger partial charge in [0, 0.05) is 59.1 Å². The maximum atomic E-state index is 14.9. The van der Waals surface area contributed by atoms with Crippen molar-refractivity contribution >= 4 is 34.2 Å². The van der Waals surface area contributed by atoms with E-state index in [9.17, 15) is 32.9 Å². The van der Waals surface area contributed by atoms with Gasteiger partial charge in [-0.05, 0) is 66.9 Å². The van der Waals surface area contributed by atoms with Gasteiger partial charge in [0.25, 0.3) is 0 Å². The third-order valence-electron chi connectivity index (χ3n) is 7.50. The van der Waals surface area contributed by atoms with Crippen molar-refractivity contribution in [2.75, 3.05) is 29.9 Å². The molecule has 11 heteroatoms. The fourth-order valence-electron chi connectivity index (χ4n) is 5.36. The highest BCUT2D eigenvalue weighted by molar-refractivity contribution is 5.90. The zero-order valence-electron chi connectivity index (χ0n) is 22.0. The normalized spacial score (nSPS) is 16.1. The summed E-state index contributed by atoms with van der Waals surface area (Å²) in [6.45, 7) is 0.858. The fourth-order valence-corrected chi connectivity index (χ4v) is 5.36. The fraction of sp³-hybridized carbons (Fsp3) is 0.300. The average molecular weight is 571 g/mol. The Morgan fingerprint density at radius 1 is 1.00 bits per heavy atom. The molecule has 1 fully saturated rings. The second kappa shape index (κ2) is 11.2. The van der Waals surface area contributed by atoms with E-state index in [1.165, 1.54) is 41.1 Å². The second-order valence-electron chi connectivity index (χ2n) is 10.2. The summed E-state index contributed by atoms with van der Waals surface area (Å²) in [5.41, 5.74) is -2.38. The van der Waals surface area contributed by atoms with E-state index in [0.29, 0.717) is 16.9 Å². The third kappa shape index (κ3) is 5.40. The van der Waals surface area contributed by atoms with Crippen LogP contribution in [0.3, 0.4) is 0 Å². The lowest BCUT2D eigenvalue weighted by molar-refractivity contribution is -0.247. The monoisotopic (exact) mass is 570 g/mol. The Morgan fingerprint density at radius 3 is 2.34 bits per heavy atom. The molecule has 2 heterocycles. The topological polar surface area (TPSA) is 105 Å². The number of aliphatic hydroxyl groups is 3. The molecule has 1 saturated heterocycles. The minimum Gasteiger partial charge on any atom is -0.394 e. The molecule has 3 aromatic carbocycles. The van der Waals surface area contributed by atoms with E-state index in [1.807, 2.05) is 0 Å². The quantitative estimate of drug-likeness (QED) is 0.139. The number of nitrogens with one attached hydrogen (secondary N) is 2. The summed E-state index contributed by atoms with van der Waals surface area (Å²) >= 11 is 0. The minimum atomic E-state index is -5.17. The molecule has 2 unspecified atom stereocenters. The summed E-state index contributed by atoms with van der Waals surface area (Å²) in [4.78, 5) is 2.12. The smallest absolute Gasteiger partial charge is 0.394 e. The van der Waals surface area contributed by atoms with Crippen LogP contribution in [0.15, 0.2) is 66.9 Å². The zero-order chi connectivity index (χ0) is 29.4. The molecule has 41 heavy (non-hydrogen) atoms. The van der Waals surface area contributed by atoms with E-state index in [-0.39, 0.29) is 17.5 Å². The van der Waals surface area contributed by atoms with Crippen LogP contribution in [-0.4, -0.2) is 58.1 Å². The highest BCUT2D eigenvalue weighted by Crippen LogP contribution is 2.48. The van der Waals surface area contributed by atoms with Crippen molar-refractivity contribution in [2.24, 2.45) is 0 Å². The van der Waals surface area contributed by atoms with Gasteiger partial charge < -0.3 is 35.5 Å². The number of hydrogen-bond acceptors (Lipinski definition) is 6. The van der Waals surface area contributed by atoms with Crippen LogP contribution in [0.4, 0.5) is 34.6 Å². The second-order valence-corrected chi connectivity index (χ2v) is 10.2. The van der Waals surface area contributed by atoms with Gasteiger partial charge in [0.15, 0.2) is 0 Å². The number of anilines is 3. The highest BCUT2D eigenvalue weighted by Gasteiger charge is 2.57. The van der Waals surface area contributed by atoms with Crippen LogP contribution in [0.2, 0.25) is 0 Å². The van der Waals surface area contributed by atoms with Gasteiger partial charge in [0.2, 0.25) is 5.60 Å². The summed E-state index contributed by atoms with van der Waals surface area (Å²) in [5, 5.41) is 42.1. The van der Waals surface area contributed by atoms with Crippen LogP contribution in [0.5, 0.6) is 0 Å². The molecule has 1 aromatic heterocycles. The molecule has 0 saturated carbocycles. The predicted molar refractivity (Wildman–Crippen MR) is 150 cm³/mol. The molecule has 216 valence electrons. The number of fused-ring (bicyclic) bond motifs is 1. The summed E-state index contributed by atoms with van der Waals surface area (Å²) in [6.07, 6.45) is -2.35. The Kier molecular flexibility index (Phi) is 7.78. The van der Waals surface area contributed by atoms with E-state index in [0.717, 1.165) is 50.0 Å². The van der Waals surface area contributed by atoms with Crippen LogP contribution in [0.25, 0.3) is 10.9 Å². The molecule has 4 aromatic rings. The molecular weight excluding hydrogens is 540 g/mol. The number of hydrogen-bond donors (Lipinski definition) is 5. The van der Waals surface area contributed by atoms with Crippen LogP contribution >= 0.6 is 0 Å². The maximum absolute atomic E-state index is 14.9. The molecule has 0 bridgehead atoms. The molecule has 0 radical (unpaired) electrons. The third-order valence-corrected chi connectivity index (χ3v) is 7.50. The number of rotatable bonds is 9. The molecular formula is C30H30F4N4O3. The Bertz CT molecular complexity index is 1550. The Labute approximate surface area is 233 Å². The van der Waals surface area contributed by atoms with Crippen LogP contribution in [0, 0.1) is 11.2 Å². The number of nitrogens with zero attached hydrogens (tertiary/aromatic N) is 2. The molecule has 0 aliphatic carbocycles. The first-order valence-corrected chi connectivity index (χ1v) is 13.2. The van der Waals surface area contributed by atoms with Crippen molar-refractivity contribution in [1.29, 1.82) is 5.41 Å². The SMILES string of the molecule is N=Cc1cc(C(O)(c2cn(CC(O)CO)c3cc(N4CCCC4)ccc23)C(F)(F)F)ccc1Nc1ccc(F)cc1. The van der Waals surface area contributed by atoms with Crippen LogP contribution < -0.4 is 10.2 Å². The first kappa shape index (κ1) is 28.6. The van der Waals surface area contributed by atoms with E-state index in [2.05, 4.69) is 10.2 Å². The summed E-state index contributed by atoms with van der Waals surface area (Å²) in [6, 6.07) is 13.9. The molecule has 0 amide bonds. The van der Waals surface area contributed by atoms with E-state index in [4.69, 9.17) is 5.41 Å². The summed E-state index contributed by atoms with van der Waals surface area (Å²) in [7, 11) is 0. The van der Waals surface area contributed by atoms with Crippen molar-refractivity contribution in [2.45, 2.75) is 37.3 Å². The zero-order valence-corrected chi connectivity index (χ0v) is 22.0. The molecule has 1 aliphatic heterocycles. The number of alkyl halides is 3. The molecule has 0 spiro atoms. The summed E-state index contributed by atoms with van der Waals surface area (Å²) < 4.78 is 59.5. The van der Waals surface area contributed by atoms with Crippen molar-refractivity contribution in [1.82, 2.24) is 4.57 Å². The number of benzene rings is 3. The first-order chi connectivity index (χ1) is 19.5. The van der Waals surface area contributed by atoms with Gasteiger partial charge in [-0.2, -0.15) is 13.2 Å². The van der Waals surface area contributed by atoms with Gasteiger partial charge in [0.1, 0.15) is 5.82 Å². The van der Waals surface area contributed by atoms with E-state index in [1.54, 1.807) is 18.2 Å². The van der Waals surface area contributed by atoms with Gasteiger partial charge in [0.05, 0.1) is 24.8 Å². The highest BCUT2D eigenvalue weighted by atomic mass is 19.4. The van der Waals surface area contributed by atoms with Gasteiger partial charge in [-0.1, -0.05) is 12.1 Å². The Balaban J connectivity index is 1.64. The molecule has 5 N–H and O–H groups in total. The van der Waals surface area contributed by atoms with Crippen molar-refractivity contribution in [3.05, 3.63) is 89.4 Å². The number of aromatic nitrogens is 1. The lowest BCUT2D eigenvalue weighted by Crippen LogP contribution is -2.43. The Hall–Kier alpha value is -3.93. The molecule has 1 aliphatic rings. The van der Waals surface area contributed by atoms with Crippen molar-refractivity contribution in [3.8, 4) is 0 Å². The predicted octanol–water partition coefficient (Wildman–Crippen LogP) is 5.27. The van der Waals surface area contributed by atoms with Crippen molar-refractivity contribution < 1.29 is 32.9 Å². The molecule has 2 atom stereocenters. The van der Waals surface area contributed by atoms with Gasteiger partial charge in [-0.3, -0.25) is 0 Å². The maximum Gasteiger partial charge on any atom is 0.425 e. The van der Waals surface area contributed by atoms with Gasteiger partial charge >= 0.3 is 6.18 Å². The van der Waals surface area contributed by atoms with Crippen LogP contribution in [-0.2, 0) is 12.1 Å². The lowest BCUT2D eigenvalue weighted by Gasteiger charge is -2.31. The molecule has 5 rings (SSSR count). The Morgan fingerprint density at radius 2 is 1.71 bits per heavy atom. The average Bonchev–Trinajstić information content (AvgIpc) is 3.62. The minimum absolute atomic E-state index is 0.0743. The van der Waals surface area contributed by atoms with Crippen molar-refractivity contribution in [3.63, 3.8) is 0 Å². The lowest BCUT2D eigenvalue weighted by atomic mass is 9.84. The van der Waals surface area contributed by atoms with Gasteiger partial charge in [-0.25, -0.2) is 4.39 Å². The number of aliphatic hydroxyl groups excluding tert-OH is 2. The first-order valence-electron chi connectivity index (χ1n) is 13.2. The number of halogens is 4. The van der Waals surface area contributed by atoms with E-state index < -0.39 is 41.4 Å².